The van der Waals surface area contributed by atoms with Crippen LogP contribution in [0.25, 0.3) is 0 Å². The van der Waals surface area contributed by atoms with Crippen LogP contribution < -0.4 is 5.48 Å². The molecule has 1 atom stereocenters. The van der Waals surface area contributed by atoms with Crippen molar-refractivity contribution >= 4 is 33.4 Å². The van der Waals surface area contributed by atoms with Crippen molar-refractivity contribution in [1.82, 2.24) is 5.48 Å². The van der Waals surface area contributed by atoms with Gasteiger partial charge in [0.1, 0.15) is 11.8 Å². The van der Waals surface area contributed by atoms with Crippen LogP contribution in [0.4, 0.5) is 0 Å². The van der Waals surface area contributed by atoms with E-state index >= 15 is 0 Å². The zero-order chi connectivity index (χ0) is 18.8. The highest BCUT2D eigenvalue weighted by molar-refractivity contribution is 7.90. The number of methoxy groups -OCH3 is 1. The highest BCUT2D eigenvalue weighted by Gasteiger charge is 2.32. The minimum absolute atomic E-state index is 0.00541. The van der Waals surface area contributed by atoms with E-state index in [4.69, 9.17) is 21.2 Å². The molecule has 0 aliphatic carbocycles. The number of carbonyl (C=O) groups excluding carboxylic acids is 2. The lowest BCUT2D eigenvalue weighted by Gasteiger charge is -2.16. The molecule has 25 heavy (non-hydrogen) atoms. The van der Waals surface area contributed by atoms with Crippen molar-refractivity contribution in [3.8, 4) is 0 Å². The molecule has 136 valence electrons. The largest absolute Gasteiger partial charge is 0.465 e. The van der Waals surface area contributed by atoms with Crippen LogP contribution in [-0.4, -0.2) is 40.3 Å². The molecule has 8 nitrogen and oxygen atoms in total. The topological polar surface area (TPSA) is 108 Å². The minimum Gasteiger partial charge on any atom is -0.465 e. The van der Waals surface area contributed by atoms with Crippen molar-refractivity contribution in [2.75, 3.05) is 20.0 Å². The van der Waals surface area contributed by atoms with Crippen molar-refractivity contribution in [1.29, 1.82) is 0 Å². The molecule has 2 rings (SSSR count). The molecule has 1 heterocycles. The highest BCUT2D eigenvalue weighted by Crippen LogP contribution is 2.37. The number of esters is 2. The number of nitrogens with one attached hydrogen (secondary N) is 1. The molecule has 1 aromatic rings. The van der Waals surface area contributed by atoms with Gasteiger partial charge in [0.25, 0.3) is 0 Å². The lowest BCUT2D eigenvalue weighted by molar-refractivity contribution is -0.140. The number of hydrogen-bond donors (Lipinski definition) is 1. The van der Waals surface area contributed by atoms with Gasteiger partial charge in [0, 0.05) is 11.8 Å². The van der Waals surface area contributed by atoms with Gasteiger partial charge in [-0.05, 0) is 25.1 Å². The Kier molecular flexibility index (Phi) is 5.71. The van der Waals surface area contributed by atoms with Gasteiger partial charge in [-0.3, -0.25) is 10.3 Å². The summed E-state index contributed by atoms with van der Waals surface area (Å²) in [5, 5.41) is -0.136. The van der Waals surface area contributed by atoms with Crippen molar-refractivity contribution in [2.24, 2.45) is 0 Å². The second-order valence-electron chi connectivity index (χ2n) is 5.04. The number of ether oxygens (including phenoxy) is 2. The normalized spacial score (nSPS) is 16.8. The predicted molar refractivity (Wildman–Crippen MR) is 87.6 cm³/mol. The van der Waals surface area contributed by atoms with E-state index in [1.807, 2.05) is 0 Å². The van der Waals surface area contributed by atoms with E-state index in [0.717, 1.165) is 6.26 Å². The summed E-state index contributed by atoms with van der Waals surface area (Å²) in [5.74, 6) is -1.39. The number of benzene rings is 1. The summed E-state index contributed by atoms with van der Waals surface area (Å²) in [6, 6.07) is 2.49. The molecule has 0 bridgehead atoms. The Balaban J connectivity index is 2.59. The van der Waals surface area contributed by atoms with E-state index in [2.05, 4.69) is 10.2 Å². The molecule has 0 saturated heterocycles. The number of halogens is 1. The van der Waals surface area contributed by atoms with Crippen LogP contribution in [0.5, 0.6) is 0 Å². The SMILES string of the molecule is CCOC(=O)C1=CC(c2c(S(C)(=O)=O)ccc(C(=O)OC)c2Cl)ON1. The molecule has 10 heteroatoms. The fourth-order valence-corrected chi connectivity index (χ4v) is 3.58. The third-order valence-electron chi connectivity index (χ3n) is 3.34. The molecule has 0 radical (unpaired) electrons. The van der Waals surface area contributed by atoms with E-state index in [1.165, 1.54) is 25.3 Å². The minimum atomic E-state index is -3.68. The maximum atomic E-state index is 12.1. The summed E-state index contributed by atoms with van der Waals surface area (Å²) >= 11 is 6.24. The number of carbonyl (C=O) groups is 2. The Morgan fingerprint density at radius 2 is 2.00 bits per heavy atom. The van der Waals surface area contributed by atoms with Gasteiger partial charge in [-0.2, -0.15) is 0 Å². The lowest BCUT2D eigenvalue weighted by atomic mass is 10.0. The number of hydrogen-bond acceptors (Lipinski definition) is 8. The number of hydroxylamine groups is 1. The van der Waals surface area contributed by atoms with E-state index in [-0.39, 0.29) is 33.3 Å². The Morgan fingerprint density at radius 1 is 1.32 bits per heavy atom. The first kappa shape index (κ1) is 19.2. The number of sulfone groups is 1. The van der Waals surface area contributed by atoms with E-state index in [0.29, 0.717) is 0 Å². The van der Waals surface area contributed by atoms with Gasteiger partial charge in [0.05, 0.1) is 29.2 Å². The summed E-state index contributed by atoms with van der Waals surface area (Å²) in [6.07, 6.45) is 1.31. The third-order valence-corrected chi connectivity index (χ3v) is 4.90. The van der Waals surface area contributed by atoms with Gasteiger partial charge >= 0.3 is 11.9 Å². The maximum absolute atomic E-state index is 12.1. The fourth-order valence-electron chi connectivity index (χ4n) is 2.24. The summed E-state index contributed by atoms with van der Waals surface area (Å²) < 4.78 is 33.6. The summed E-state index contributed by atoms with van der Waals surface area (Å²) in [7, 11) is -2.50. The molecule has 0 fully saturated rings. The summed E-state index contributed by atoms with van der Waals surface area (Å²) in [6.45, 7) is 1.81. The molecule has 1 aromatic carbocycles. The molecular formula is C15H16ClNO7S. The molecule has 0 spiro atoms. The Labute approximate surface area is 149 Å². The molecule has 0 amide bonds. The average molecular weight is 390 g/mol. The lowest BCUT2D eigenvalue weighted by Crippen LogP contribution is -2.18. The van der Waals surface area contributed by atoms with Gasteiger partial charge in [-0.25, -0.2) is 18.0 Å². The van der Waals surface area contributed by atoms with Crippen molar-refractivity contribution in [3.05, 3.63) is 40.1 Å². The third kappa shape index (κ3) is 3.94. The zero-order valence-electron chi connectivity index (χ0n) is 13.7. The molecular weight excluding hydrogens is 374 g/mol. The summed E-state index contributed by atoms with van der Waals surface area (Å²) in [5.41, 5.74) is 2.39. The van der Waals surface area contributed by atoms with Gasteiger partial charge < -0.3 is 9.47 Å². The molecule has 1 aliphatic heterocycles. The quantitative estimate of drug-likeness (QED) is 0.756. The first-order valence-corrected chi connectivity index (χ1v) is 9.39. The molecule has 1 N–H and O–H groups in total. The van der Waals surface area contributed by atoms with E-state index < -0.39 is 27.9 Å². The Morgan fingerprint density at radius 3 is 2.56 bits per heavy atom. The molecule has 0 saturated carbocycles. The monoisotopic (exact) mass is 389 g/mol. The van der Waals surface area contributed by atoms with E-state index in [9.17, 15) is 18.0 Å². The molecule has 1 aliphatic rings. The zero-order valence-corrected chi connectivity index (χ0v) is 15.2. The fraction of sp³-hybridized carbons (Fsp3) is 0.333. The van der Waals surface area contributed by atoms with Crippen LogP contribution in [0.2, 0.25) is 5.02 Å². The molecule has 0 aromatic heterocycles. The van der Waals surface area contributed by atoms with E-state index in [1.54, 1.807) is 6.92 Å². The predicted octanol–water partition coefficient (Wildman–Crippen LogP) is 1.55. The van der Waals surface area contributed by atoms with Gasteiger partial charge in [0.15, 0.2) is 9.84 Å². The van der Waals surface area contributed by atoms with Crippen LogP contribution in [0.1, 0.15) is 28.9 Å². The summed E-state index contributed by atoms with van der Waals surface area (Å²) in [4.78, 5) is 28.7. The second kappa shape index (κ2) is 7.42. The second-order valence-corrected chi connectivity index (χ2v) is 7.41. The van der Waals surface area contributed by atoms with Gasteiger partial charge in [-0.1, -0.05) is 11.6 Å². The Hall–Kier alpha value is -2.10. The molecule has 1 unspecified atom stereocenters. The van der Waals surface area contributed by atoms with Crippen molar-refractivity contribution < 1.29 is 32.3 Å². The Bertz CT molecular complexity index is 848. The standard InChI is InChI=1S/C15H16ClNO7S/c1-4-23-15(19)9-7-10(24-17-9)12-11(25(3,20)21)6-5-8(13(12)16)14(18)22-2/h5-7,10,17H,4H2,1-3H3. The number of rotatable bonds is 5. The van der Waals surface area contributed by atoms with Gasteiger partial charge in [0.2, 0.25) is 0 Å². The van der Waals surface area contributed by atoms with Crippen molar-refractivity contribution in [2.45, 2.75) is 17.9 Å². The van der Waals surface area contributed by atoms with Crippen LogP contribution in [-0.2, 0) is 28.9 Å². The smallest absolute Gasteiger partial charge is 0.356 e. The van der Waals surface area contributed by atoms with Crippen LogP contribution >= 0.6 is 11.6 Å². The first-order valence-electron chi connectivity index (χ1n) is 7.12. The highest BCUT2D eigenvalue weighted by atomic mass is 35.5. The van der Waals surface area contributed by atoms with Crippen LogP contribution in [0, 0.1) is 0 Å². The van der Waals surface area contributed by atoms with Crippen LogP contribution in [0.3, 0.4) is 0 Å². The maximum Gasteiger partial charge on any atom is 0.356 e. The van der Waals surface area contributed by atoms with Gasteiger partial charge in [-0.15, -0.1) is 0 Å². The van der Waals surface area contributed by atoms with Crippen molar-refractivity contribution in [3.63, 3.8) is 0 Å². The first-order chi connectivity index (χ1) is 11.7. The average Bonchev–Trinajstić information content (AvgIpc) is 3.02. The van der Waals surface area contributed by atoms with Crippen LogP contribution in [0.15, 0.2) is 28.8 Å².